The van der Waals surface area contributed by atoms with Crippen molar-refractivity contribution in [3.8, 4) is 0 Å². The third-order valence-electron chi connectivity index (χ3n) is 3.75. The fourth-order valence-electron chi connectivity index (χ4n) is 2.66. The zero-order chi connectivity index (χ0) is 15.2. The van der Waals surface area contributed by atoms with Crippen LogP contribution in [0.1, 0.15) is 28.7 Å². The number of benzene rings is 2. The van der Waals surface area contributed by atoms with Crippen molar-refractivity contribution in [2.75, 3.05) is 6.54 Å². The number of rotatable bonds is 6. The van der Waals surface area contributed by atoms with E-state index in [0.29, 0.717) is 13.0 Å². The van der Waals surface area contributed by atoms with Gasteiger partial charge in [0.15, 0.2) is 5.82 Å². The summed E-state index contributed by atoms with van der Waals surface area (Å²) in [5, 5.41) is 7.27. The predicted octanol–water partition coefficient (Wildman–Crippen LogP) is 2.68. The molecule has 4 heteroatoms. The molecule has 112 valence electrons. The van der Waals surface area contributed by atoms with Crippen molar-refractivity contribution in [1.29, 1.82) is 0 Å². The molecular weight excluding hydrogens is 272 g/mol. The molecule has 0 fully saturated rings. The number of nitrogens with one attached hydrogen (secondary N) is 1. The van der Waals surface area contributed by atoms with Gasteiger partial charge in [-0.05, 0) is 17.7 Å². The number of nitrogens with two attached hydrogens (primary N) is 1. The van der Waals surface area contributed by atoms with Gasteiger partial charge in [0.25, 0.3) is 0 Å². The smallest absolute Gasteiger partial charge is 0.151 e. The molecule has 3 N–H and O–H groups in total. The summed E-state index contributed by atoms with van der Waals surface area (Å²) >= 11 is 0. The minimum atomic E-state index is 0.265. The number of aromatic amines is 1. The molecule has 1 aromatic heterocycles. The quantitative estimate of drug-likeness (QED) is 0.734. The lowest BCUT2D eigenvalue weighted by Gasteiger charge is -2.16. The van der Waals surface area contributed by atoms with E-state index < -0.39 is 0 Å². The second-order valence-corrected chi connectivity index (χ2v) is 5.32. The molecule has 0 saturated carbocycles. The summed E-state index contributed by atoms with van der Waals surface area (Å²) in [6.45, 7) is 0.568. The maximum Gasteiger partial charge on any atom is 0.151 e. The van der Waals surface area contributed by atoms with Gasteiger partial charge in [0.05, 0.1) is 0 Å². The van der Waals surface area contributed by atoms with Crippen LogP contribution in [-0.2, 0) is 12.8 Å². The van der Waals surface area contributed by atoms with Crippen LogP contribution in [0.25, 0.3) is 0 Å². The van der Waals surface area contributed by atoms with Gasteiger partial charge in [-0.1, -0.05) is 60.7 Å². The van der Waals surface area contributed by atoms with Crippen molar-refractivity contribution < 1.29 is 0 Å². The lowest BCUT2D eigenvalue weighted by molar-refractivity contribution is 0.757. The van der Waals surface area contributed by atoms with Crippen LogP contribution in [0.3, 0.4) is 0 Å². The molecule has 0 unspecified atom stereocenters. The van der Waals surface area contributed by atoms with Crippen LogP contribution in [0.2, 0.25) is 0 Å². The molecule has 1 heterocycles. The fraction of sp³-hybridized carbons (Fsp3) is 0.222. The molecule has 3 rings (SSSR count). The van der Waals surface area contributed by atoms with E-state index in [1.807, 2.05) is 12.1 Å². The molecule has 0 aliphatic carbocycles. The molecule has 0 radical (unpaired) electrons. The van der Waals surface area contributed by atoms with Crippen molar-refractivity contribution in [3.05, 3.63) is 83.4 Å². The van der Waals surface area contributed by atoms with E-state index in [1.54, 1.807) is 0 Å². The Hall–Kier alpha value is -2.46. The predicted molar refractivity (Wildman–Crippen MR) is 87.6 cm³/mol. The van der Waals surface area contributed by atoms with Crippen molar-refractivity contribution in [3.63, 3.8) is 0 Å². The lowest BCUT2D eigenvalue weighted by atomic mass is 9.88. The molecule has 0 aliphatic rings. The van der Waals surface area contributed by atoms with Gasteiger partial charge >= 0.3 is 0 Å². The largest absolute Gasteiger partial charge is 0.330 e. The van der Waals surface area contributed by atoms with Crippen LogP contribution in [-0.4, -0.2) is 21.7 Å². The summed E-state index contributed by atoms with van der Waals surface area (Å²) < 4.78 is 0. The fourth-order valence-corrected chi connectivity index (χ4v) is 2.66. The molecule has 0 atom stereocenters. The first kappa shape index (κ1) is 14.5. The highest BCUT2D eigenvalue weighted by Crippen LogP contribution is 2.27. The lowest BCUT2D eigenvalue weighted by Crippen LogP contribution is -2.07. The molecule has 3 aromatic rings. The van der Waals surface area contributed by atoms with E-state index in [0.717, 1.165) is 18.1 Å². The SMILES string of the molecule is NCCc1n[nH]c(CC(c2ccccc2)c2ccccc2)n1. The summed E-state index contributed by atoms with van der Waals surface area (Å²) in [5.74, 6) is 1.96. The molecule has 2 aromatic carbocycles. The highest BCUT2D eigenvalue weighted by Gasteiger charge is 2.16. The third kappa shape index (κ3) is 3.40. The van der Waals surface area contributed by atoms with Crippen molar-refractivity contribution >= 4 is 0 Å². The Balaban J connectivity index is 1.88. The summed E-state index contributed by atoms with van der Waals surface area (Å²) in [5.41, 5.74) is 8.12. The van der Waals surface area contributed by atoms with Gasteiger partial charge in [0.2, 0.25) is 0 Å². The zero-order valence-corrected chi connectivity index (χ0v) is 12.4. The first-order valence-corrected chi connectivity index (χ1v) is 7.57. The summed E-state index contributed by atoms with van der Waals surface area (Å²) in [6, 6.07) is 21.0. The van der Waals surface area contributed by atoms with E-state index in [1.165, 1.54) is 11.1 Å². The molecule has 0 saturated heterocycles. The van der Waals surface area contributed by atoms with Crippen LogP contribution in [0.5, 0.6) is 0 Å². The first-order chi connectivity index (χ1) is 10.9. The molecule has 0 bridgehead atoms. The maximum absolute atomic E-state index is 5.56. The van der Waals surface area contributed by atoms with E-state index in [4.69, 9.17) is 5.73 Å². The van der Waals surface area contributed by atoms with Crippen molar-refractivity contribution in [2.24, 2.45) is 5.73 Å². The van der Waals surface area contributed by atoms with E-state index in [2.05, 4.69) is 63.7 Å². The number of aromatic nitrogens is 3. The number of H-pyrrole nitrogens is 1. The van der Waals surface area contributed by atoms with Gasteiger partial charge in [0.1, 0.15) is 5.82 Å². The summed E-state index contributed by atoms with van der Waals surface area (Å²) in [6.07, 6.45) is 1.50. The van der Waals surface area contributed by atoms with Crippen molar-refractivity contribution in [2.45, 2.75) is 18.8 Å². The van der Waals surface area contributed by atoms with Crippen LogP contribution in [0.15, 0.2) is 60.7 Å². The van der Waals surface area contributed by atoms with Crippen LogP contribution < -0.4 is 5.73 Å². The van der Waals surface area contributed by atoms with Crippen LogP contribution >= 0.6 is 0 Å². The first-order valence-electron chi connectivity index (χ1n) is 7.57. The summed E-state index contributed by atoms with van der Waals surface area (Å²) in [4.78, 5) is 4.54. The third-order valence-corrected chi connectivity index (χ3v) is 3.75. The standard InChI is InChI=1S/C18H20N4/c19-12-11-17-20-18(22-21-17)13-16(14-7-3-1-4-8-14)15-9-5-2-6-10-15/h1-10,16H,11-13,19H2,(H,20,21,22). The highest BCUT2D eigenvalue weighted by atomic mass is 15.2. The van der Waals surface area contributed by atoms with E-state index >= 15 is 0 Å². The molecular formula is C18H20N4. The molecule has 0 spiro atoms. The van der Waals surface area contributed by atoms with Gasteiger partial charge < -0.3 is 5.73 Å². The Bertz CT molecular complexity index is 652. The zero-order valence-electron chi connectivity index (χ0n) is 12.4. The average Bonchev–Trinajstić information content (AvgIpc) is 3.02. The average molecular weight is 292 g/mol. The van der Waals surface area contributed by atoms with Crippen LogP contribution in [0, 0.1) is 0 Å². The molecule has 0 amide bonds. The topological polar surface area (TPSA) is 67.6 Å². The van der Waals surface area contributed by atoms with Crippen molar-refractivity contribution in [1.82, 2.24) is 15.2 Å². The Morgan fingerprint density at radius 3 is 2.05 bits per heavy atom. The summed E-state index contributed by atoms with van der Waals surface area (Å²) in [7, 11) is 0. The normalized spacial score (nSPS) is 11.0. The van der Waals surface area contributed by atoms with Gasteiger partial charge in [-0.15, -0.1) is 0 Å². The second kappa shape index (κ2) is 7.00. The minimum Gasteiger partial charge on any atom is -0.330 e. The number of nitrogens with zero attached hydrogens (tertiary/aromatic N) is 2. The van der Waals surface area contributed by atoms with E-state index in [-0.39, 0.29) is 5.92 Å². The Labute approximate surface area is 130 Å². The van der Waals surface area contributed by atoms with Gasteiger partial charge in [-0.3, -0.25) is 5.10 Å². The monoisotopic (exact) mass is 292 g/mol. The molecule has 4 nitrogen and oxygen atoms in total. The Morgan fingerprint density at radius 2 is 1.50 bits per heavy atom. The highest BCUT2D eigenvalue weighted by molar-refractivity contribution is 5.33. The molecule has 22 heavy (non-hydrogen) atoms. The molecule has 0 aliphatic heterocycles. The van der Waals surface area contributed by atoms with E-state index in [9.17, 15) is 0 Å². The Morgan fingerprint density at radius 1 is 0.909 bits per heavy atom. The number of hydrogen-bond acceptors (Lipinski definition) is 3. The van der Waals surface area contributed by atoms with Gasteiger partial charge in [-0.25, -0.2) is 4.98 Å². The van der Waals surface area contributed by atoms with Crippen LogP contribution in [0.4, 0.5) is 0 Å². The Kier molecular flexibility index (Phi) is 4.61. The second-order valence-electron chi connectivity index (χ2n) is 5.32. The van der Waals surface area contributed by atoms with Gasteiger partial charge in [0, 0.05) is 18.8 Å². The maximum atomic E-state index is 5.56. The van der Waals surface area contributed by atoms with Gasteiger partial charge in [-0.2, -0.15) is 5.10 Å². The minimum absolute atomic E-state index is 0.265. The number of hydrogen-bond donors (Lipinski definition) is 2.